The first-order valence-corrected chi connectivity index (χ1v) is 9.12. The molecule has 0 aromatic heterocycles. The predicted molar refractivity (Wildman–Crippen MR) is 108 cm³/mol. The molecule has 0 spiro atoms. The summed E-state index contributed by atoms with van der Waals surface area (Å²) in [5.74, 6) is -1.31. The number of anilines is 1. The van der Waals surface area contributed by atoms with Crippen molar-refractivity contribution in [3.63, 3.8) is 0 Å². The number of methoxy groups -OCH3 is 1. The molecule has 0 amide bonds. The lowest BCUT2D eigenvalue weighted by molar-refractivity contribution is -0.127. The third-order valence-corrected chi connectivity index (χ3v) is 4.39. The standard InChI is InChI=1S/C21H29NO6/c1-5-13(2)9-10-17(24)20(26)16(23)8-6-7-14-11-15(22-3)12-18(25)19(14)21(27)28-4/h6-7,9-13,16,20,22-23,25-26H,5,8H2,1-4H3/b7-6+,10-9-/t13-,16-,20-/m0/s1. The van der Waals surface area contributed by atoms with Gasteiger partial charge in [0, 0.05) is 18.8 Å². The third-order valence-electron chi connectivity index (χ3n) is 4.39. The number of phenols is 1. The van der Waals surface area contributed by atoms with Crippen molar-refractivity contribution in [2.75, 3.05) is 19.5 Å². The van der Waals surface area contributed by atoms with E-state index < -0.39 is 24.0 Å². The molecule has 3 atom stereocenters. The molecule has 1 aromatic carbocycles. The summed E-state index contributed by atoms with van der Waals surface area (Å²) < 4.78 is 4.69. The zero-order valence-corrected chi connectivity index (χ0v) is 16.7. The smallest absolute Gasteiger partial charge is 0.342 e. The molecule has 0 fully saturated rings. The first-order valence-electron chi connectivity index (χ1n) is 9.12. The van der Waals surface area contributed by atoms with E-state index in [-0.39, 0.29) is 23.7 Å². The summed E-state index contributed by atoms with van der Waals surface area (Å²) in [4.78, 5) is 23.8. The van der Waals surface area contributed by atoms with Crippen molar-refractivity contribution in [3.8, 4) is 5.75 Å². The van der Waals surface area contributed by atoms with Crippen LogP contribution in [0.1, 0.15) is 42.6 Å². The summed E-state index contributed by atoms with van der Waals surface area (Å²) in [5.41, 5.74) is 0.942. The highest BCUT2D eigenvalue weighted by Crippen LogP contribution is 2.28. The van der Waals surface area contributed by atoms with Crippen LogP contribution in [0.4, 0.5) is 5.69 Å². The number of rotatable bonds is 10. The molecule has 0 unspecified atom stereocenters. The summed E-state index contributed by atoms with van der Waals surface area (Å²) in [6.45, 7) is 3.93. The molecule has 0 aliphatic carbocycles. The Labute approximate surface area is 165 Å². The Morgan fingerprint density at radius 2 is 1.96 bits per heavy atom. The summed E-state index contributed by atoms with van der Waals surface area (Å²) in [7, 11) is 2.87. The number of allylic oxidation sites excluding steroid dienone is 1. The van der Waals surface area contributed by atoms with Crippen LogP contribution in [0.3, 0.4) is 0 Å². The molecule has 0 aliphatic heterocycles. The topological polar surface area (TPSA) is 116 Å². The second kappa shape index (κ2) is 11.3. The number of benzene rings is 1. The lowest BCUT2D eigenvalue weighted by Gasteiger charge is -2.14. The van der Waals surface area contributed by atoms with Gasteiger partial charge in [0.2, 0.25) is 0 Å². The van der Waals surface area contributed by atoms with Gasteiger partial charge < -0.3 is 25.4 Å². The van der Waals surface area contributed by atoms with Crippen LogP contribution >= 0.6 is 0 Å². The summed E-state index contributed by atoms with van der Waals surface area (Å²) >= 11 is 0. The first-order chi connectivity index (χ1) is 13.2. The molecule has 0 aliphatic rings. The fourth-order valence-electron chi connectivity index (χ4n) is 2.40. The molecule has 7 heteroatoms. The second-order valence-corrected chi connectivity index (χ2v) is 6.50. The zero-order chi connectivity index (χ0) is 21.3. The van der Waals surface area contributed by atoms with Gasteiger partial charge in [-0.15, -0.1) is 0 Å². The van der Waals surface area contributed by atoms with Crippen LogP contribution in [0.5, 0.6) is 5.75 Å². The fraction of sp³-hybridized carbons (Fsp3) is 0.429. The van der Waals surface area contributed by atoms with Crippen molar-refractivity contribution in [1.82, 2.24) is 0 Å². The number of aliphatic hydroxyl groups is 2. The minimum Gasteiger partial charge on any atom is -0.507 e. The van der Waals surface area contributed by atoms with Crippen molar-refractivity contribution in [3.05, 3.63) is 41.5 Å². The van der Waals surface area contributed by atoms with Gasteiger partial charge in [0.25, 0.3) is 0 Å². The Hall–Kier alpha value is -2.64. The number of nitrogens with one attached hydrogen (secondary N) is 1. The number of ether oxygens (including phenoxy) is 1. The number of aliphatic hydroxyl groups excluding tert-OH is 2. The number of phenolic OH excluding ortho intramolecular Hbond substituents is 1. The number of carbonyl (C=O) groups is 2. The Bertz CT molecular complexity index is 741. The highest BCUT2D eigenvalue weighted by atomic mass is 16.5. The van der Waals surface area contributed by atoms with Crippen molar-refractivity contribution in [1.29, 1.82) is 0 Å². The number of ketones is 1. The van der Waals surface area contributed by atoms with Gasteiger partial charge in [0.05, 0.1) is 13.2 Å². The van der Waals surface area contributed by atoms with E-state index in [1.807, 2.05) is 13.8 Å². The lowest BCUT2D eigenvalue weighted by Crippen LogP contribution is -2.32. The van der Waals surface area contributed by atoms with Crippen LogP contribution in [0.25, 0.3) is 6.08 Å². The van der Waals surface area contributed by atoms with Crippen molar-refractivity contribution >= 4 is 23.5 Å². The minimum absolute atomic E-state index is 0.0136. The molecule has 154 valence electrons. The molecular formula is C21H29NO6. The van der Waals surface area contributed by atoms with Gasteiger partial charge in [-0.3, -0.25) is 4.79 Å². The number of hydrogen-bond donors (Lipinski definition) is 4. The molecule has 0 saturated carbocycles. The maximum atomic E-state index is 11.9. The zero-order valence-electron chi connectivity index (χ0n) is 16.7. The lowest BCUT2D eigenvalue weighted by atomic mass is 10.0. The second-order valence-electron chi connectivity index (χ2n) is 6.50. The first kappa shape index (κ1) is 23.4. The maximum Gasteiger partial charge on any atom is 0.342 e. The van der Waals surface area contributed by atoms with E-state index in [1.165, 1.54) is 31.4 Å². The normalized spacial score (nSPS) is 14.8. The van der Waals surface area contributed by atoms with E-state index in [1.54, 1.807) is 19.2 Å². The van der Waals surface area contributed by atoms with Crippen LogP contribution in [0, 0.1) is 5.92 Å². The van der Waals surface area contributed by atoms with Gasteiger partial charge in [0.15, 0.2) is 5.78 Å². The molecule has 28 heavy (non-hydrogen) atoms. The SMILES string of the molecule is CC[C@H](C)/C=C\C(=O)[C@@H](O)[C@@H](O)C/C=C/c1cc(NC)cc(O)c1C(=O)OC. The average Bonchev–Trinajstić information content (AvgIpc) is 2.69. The van der Waals surface area contributed by atoms with Gasteiger partial charge in [-0.1, -0.05) is 38.5 Å². The van der Waals surface area contributed by atoms with Crippen LogP contribution in [-0.2, 0) is 9.53 Å². The molecule has 1 aromatic rings. The molecule has 0 radical (unpaired) electrons. The molecule has 1 rings (SSSR count). The fourth-order valence-corrected chi connectivity index (χ4v) is 2.40. The monoisotopic (exact) mass is 391 g/mol. The Morgan fingerprint density at radius 1 is 1.29 bits per heavy atom. The van der Waals surface area contributed by atoms with Crippen LogP contribution in [0.15, 0.2) is 30.4 Å². The van der Waals surface area contributed by atoms with Crippen molar-refractivity contribution < 1.29 is 29.6 Å². The van der Waals surface area contributed by atoms with Gasteiger partial charge >= 0.3 is 5.97 Å². The van der Waals surface area contributed by atoms with Crippen molar-refractivity contribution in [2.45, 2.75) is 38.9 Å². The molecular weight excluding hydrogens is 362 g/mol. The number of esters is 1. The predicted octanol–water partition coefficient (Wildman–Crippen LogP) is 2.52. The molecule has 7 nitrogen and oxygen atoms in total. The quantitative estimate of drug-likeness (QED) is 0.358. The highest BCUT2D eigenvalue weighted by molar-refractivity contribution is 5.97. The Morgan fingerprint density at radius 3 is 2.54 bits per heavy atom. The number of aromatic hydroxyl groups is 1. The molecule has 0 bridgehead atoms. The summed E-state index contributed by atoms with van der Waals surface area (Å²) in [5, 5.41) is 33.0. The summed E-state index contributed by atoms with van der Waals surface area (Å²) in [6.07, 6.45) is 4.03. The Balaban J connectivity index is 2.91. The van der Waals surface area contributed by atoms with Crippen LogP contribution in [-0.4, -0.2) is 53.4 Å². The minimum atomic E-state index is -1.54. The van der Waals surface area contributed by atoms with Gasteiger partial charge in [-0.2, -0.15) is 0 Å². The van der Waals surface area contributed by atoms with Crippen LogP contribution < -0.4 is 5.32 Å². The maximum absolute atomic E-state index is 11.9. The number of hydrogen-bond acceptors (Lipinski definition) is 7. The van der Waals surface area contributed by atoms with Gasteiger partial charge in [-0.05, 0) is 30.0 Å². The van der Waals surface area contributed by atoms with E-state index in [0.29, 0.717) is 11.3 Å². The largest absolute Gasteiger partial charge is 0.507 e. The Kier molecular flexibility index (Phi) is 9.41. The number of carbonyl (C=O) groups excluding carboxylic acids is 2. The van der Waals surface area contributed by atoms with E-state index in [4.69, 9.17) is 0 Å². The van der Waals surface area contributed by atoms with Gasteiger partial charge in [0.1, 0.15) is 17.4 Å². The third kappa shape index (κ3) is 6.51. The van der Waals surface area contributed by atoms with E-state index in [2.05, 4.69) is 10.1 Å². The van der Waals surface area contributed by atoms with Crippen LogP contribution in [0.2, 0.25) is 0 Å². The van der Waals surface area contributed by atoms with Crippen molar-refractivity contribution in [2.24, 2.45) is 5.92 Å². The van der Waals surface area contributed by atoms with E-state index in [0.717, 1.165) is 6.42 Å². The van der Waals surface area contributed by atoms with Gasteiger partial charge in [-0.25, -0.2) is 4.79 Å². The highest BCUT2D eigenvalue weighted by Gasteiger charge is 2.21. The average molecular weight is 391 g/mol. The molecule has 0 heterocycles. The molecule has 0 saturated heterocycles. The van der Waals surface area contributed by atoms with E-state index in [9.17, 15) is 24.9 Å². The molecule has 4 N–H and O–H groups in total. The summed E-state index contributed by atoms with van der Waals surface area (Å²) in [6, 6.07) is 3.02. The van der Waals surface area contributed by atoms with E-state index >= 15 is 0 Å².